The number of aryl methyl sites for hydroxylation is 1. The van der Waals surface area contributed by atoms with E-state index in [2.05, 4.69) is 9.71 Å². The lowest BCUT2D eigenvalue weighted by molar-refractivity contribution is 0.162. The second kappa shape index (κ2) is 6.53. The normalized spacial score (nSPS) is 13.1. The topological polar surface area (TPSA) is 79.3 Å². The summed E-state index contributed by atoms with van der Waals surface area (Å²) in [4.78, 5) is 4.12. The van der Waals surface area contributed by atoms with Gasteiger partial charge in [-0.25, -0.2) is 8.42 Å². The lowest BCUT2D eigenvalue weighted by Gasteiger charge is -2.13. The van der Waals surface area contributed by atoms with Crippen molar-refractivity contribution in [3.05, 3.63) is 58.9 Å². The second-order valence-electron chi connectivity index (χ2n) is 4.62. The molecule has 0 radical (unpaired) electrons. The predicted octanol–water partition coefficient (Wildman–Crippen LogP) is 1.88. The summed E-state index contributed by atoms with van der Waals surface area (Å²) in [5.41, 5.74) is 1.46. The molecule has 0 aliphatic carbocycles. The minimum atomic E-state index is -3.77. The maximum absolute atomic E-state index is 12.1. The first kappa shape index (κ1) is 15.9. The van der Waals surface area contributed by atoms with E-state index in [0.717, 1.165) is 5.56 Å². The number of benzene rings is 1. The van der Waals surface area contributed by atoms with Gasteiger partial charge in [-0.2, -0.15) is 4.72 Å². The third-order valence-corrected chi connectivity index (χ3v) is 4.51. The molecule has 1 unspecified atom stereocenters. The van der Waals surface area contributed by atoms with Gasteiger partial charge in [0.1, 0.15) is 6.23 Å². The van der Waals surface area contributed by atoms with E-state index < -0.39 is 16.3 Å². The summed E-state index contributed by atoms with van der Waals surface area (Å²) in [5.74, 6) is 0. The number of hydrogen-bond acceptors (Lipinski definition) is 4. The fourth-order valence-electron chi connectivity index (χ4n) is 1.76. The van der Waals surface area contributed by atoms with Crippen LogP contribution in [0.4, 0.5) is 0 Å². The summed E-state index contributed by atoms with van der Waals surface area (Å²) in [5, 5.41) is 10.4. The van der Waals surface area contributed by atoms with Gasteiger partial charge >= 0.3 is 0 Å². The summed E-state index contributed by atoms with van der Waals surface area (Å²) < 4.78 is 26.4. The summed E-state index contributed by atoms with van der Waals surface area (Å²) in [6.45, 7) is 1.86. The molecule has 1 atom stereocenters. The highest BCUT2D eigenvalue weighted by atomic mass is 35.5. The fourth-order valence-corrected chi connectivity index (χ4v) is 3.02. The minimum absolute atomic E-state index is 0.0334. The molecule has 0 spiro atoms. The molecular formula is C14H15ClN2O3S. The fraction of sp³-hybridized carbons (Fsp3) is 0.214. The maximum Gasteiger partial charge on any atom is 0.242 e. The van der Waals surface area contributed by atoms with E-state index in [0.29, 0.717) is 10.7 Å². The lowest BCUT2D eigenvalue weighted by Crippen LogP contribution is -2.36. The number of aliphatic hydroxyl groups is 1. The van der Waals surface area contributed by atoms with Crippen molar-refractivity contribution < 1.29 is 13.5 Å². The molecule has 2 N–H and O–H groups in total. The Bertz CT molecular complexity index is 717. The van der Waals surface area contributed by atoms with Crippen LogP contribution in [0.25, 0.3) is 0 Å². The van der Waals surface area contributed by atoms with E-state index in [1.54, 1.807) is 24.3 Å². The van der Waals surface area contributed by atoms with Crippen LogP contribution in [0.15, 0.2) is 47.5 Å². The molecule has 112 valence electrons. The number of aliphatic hydroxyl groups excluding tert-OH is 1. The number of halogens is 1. The predicted molar refractivity (Wildman–Crippen MR) is 80.5 cm³/mol. The second-order valence-corrected chi connectivity index (χ2v) is 6.77. The van der Waals surface area contributed by atoms with Gasteiger partial charge in [-0.1, -0.05) is 29.3 Å². The van der Waals surface area contributed by atoms with Crippen molar-refractivity contribution in [2.75, 3.05) is 0 Å². The molecule has 0 amide bonds. The van der Waals surface area contributed by atoms with Crippen LogP contribution >= 0.6 is 11.6 Å². The van der Waals surface area contributed by atoms with Crippen LogP contribution in [-0.4, -0.2) is 24.7 Å². The molecule has 1 aromatic heterocycles. The highest BCUT2D eigenvalue weighted by Gasteiger charge is 2.18. The van der Waals surface area contributed by atoms with E-state index in [1.807, 2.05) is 6.92 Å². The molecular weight excluding hydrogens is 312 g/mol. The van der Waals surface area contributed by atoms with Gasteiger partial charge < -0.3 is 5.11 Å². The number of rotatable bonds is 5. The zero-order chi connectivity index (χ0) is 15.5. The van der Waals surface area contributed by atoms with E-state index >= 15 is 0 Å². The zero-order valence-corrected chi connectivity index (χ0v) is 12.9. The average molecular weight is 327 g/mol. The van der Waals surface area contributed by atoms with Crippen molar-refractivity contribution >= 4 is 21.6 Å². The van der Waals surface area contributed by atoms with Gasteiger partial charge in [0.25, 0.3) is 0 Å². The molecule has 0 saturated carbocycles. The standard InChI is InChI=1S/C14H15ClN2O3S/c1-10-2-4-13(5-3-10)21(19,20)17-14(18)9-12-8-11(15)6-7-16-12/h2-8,14,17-18H,9H2,1H3. The Morgan fingerprint density at radius 3 is 2.57 bits per heavy atom. The number of hydrogen-bond donors (Lipinski definition) is 2. The number of sulfonamides is 1. The highest BCUT2D eigenvalue weighted by Crippen LogP contribution is 2.12. The van der Waals surface area contributed by atoms with Gasteiger partial charge in [0.05, 0.1) is 4.90 Å². The molecule has 7 heteroatoms. The first-order valence-electron chi connectivity index (χ1n) is 6.24. The van der Waals surface area contributed by atoms with Gasteiger partial charge in [0.15, 0.2) is 0 Å². The van der Waals surface area contributed by atoms with Crippen LogP contribution in [0.1, 0.15) is 11.3 Å². The Morgan fingerprint density at radius 2 is 1.95 bits per heavy atom. The van der Waals surface area contributed by atoms with E-state index in [-0.39, 0.29) is 11.3 Å². The molecule has 0 aliphatic rings. The Morgan fingerprint density at radius 1 is 1.29 bits per heavy atom. The molecule has 1 aromatic carbocycles. The molecule has 21 heavy (non-hydrogen) atoms. The Hall–Kier alpha value is -1.47. The van der Waals surface area contributed by atoms with Crippen molar-refractivity contribution in [2.24, 2.45) is 0 Å². The van der Waals surface area contributed by atoms with Crippen LogP contribution in [-0.2, 0) is 16.4 Å². The smallest absolute Gasteiger partial charge is 0.242 e. The number of nitrogens with zero attached hydrogens (tertiary/aromatic N) is 1. The van der Waals surface area contributed by atoms with Crippen LogP contribution in [0.5, 0.6) is 0 Å². The highest BCUT2D eigenvalue weighted by molar-refractivity contribution is 7.89. The van der Waals surface area contributed by atoms with Gasteiger partial charge in [-0.3, -0.25) is 4.98 Å². The van der Waals surface area contributed by atoms with Crippen molar-refractivity contribution in [2.45, 2.75) is 24.5 Å². The van der Waals surface area contributed by atoms with Gasteiger partial charge in [0, 0.05) is 23.3 Å². The van der Waals surface area contributed by atoms with E-state index in [4.69, 9.17) is 11.6 Å². The van der Waals surface area contributed by atoms with Crippen molar-refractivity contribution in [3.8, 4) is 0 Å². The molecule has 2 rings (SSSR count). The molecule has 0 fully saturated rings. The third kappa shape index (κ3) is 4.50. The summed E-state index contributed by atoms with van der Waals surface area (Å²) >= 11 is 5.81. The van der Waals surface area contributed by atoms with Crippen LogP contribution in [0, 0.1) is 6.92 Å². The Kier molecular flexibility index (Phi) is 4.95. The molecule has 0 bridgehead atoms. The number of nitrogens with one attached hydrogen (secondary N) is 1. The summed E-state index contributed by atoms with van der Waals surface area (Å²) in [7, 11) is -3.77. The first-order valence-corrected chi connectivity index (χ1v) is 8.10. The molecule has 2 aromatic rings. The van der Waals surface area contributed by atoms with Crippen LogP contribution < -0.4 is 4.72 Å². The van der Waals surface area contributed by atoms with Crippen molar-refractivity contribution in [1.29, 1.82) is 0 Å². The third-order valence-electron chi connectivity index (χ3n) is 2.80. The summed E-state index contributed by atoms with van der Waals surface area (Å²) in [6, 6.07) is 9.54. The van der Waals surface area contributed by atoms with E-state index in [9.17, 15) is 13.5 Å². The van der Waals surface area contributed by atoms with Crippen LogP contribution in [0.2, 0.25) is 5.02 Å². The van der Waals surface area contributed by atoms with Gasteiger partial charge in [-0.15, -0.1) is 0 Å². The van der Waals surface area contributed by atoms with Gasteiger partial charge in [-0.05, 0) is 31.2 Å². The minimum Gasteiger partial charge on any atom is -0.377 e. The largest absolute Gasteiger partial charge is 0.377 e. The monoisotopic (exact) mass is 326 g/mol. The van der Waals surface area contributed by atoms with Crippen LogP contribution in [0.3, 0.4) is 0 Å². The Labute approximate surface area is 128 Å². The molecule has 5 nitrogen and oxygen atoms in total. The van der Waals surface area contributed by atoms with Crippen molar-refractivity contribution in [1.82, 2.24) is 9.71 Å². The lowest BCUT2D eigenvalue weighted by atomic mass is 10.2. The molecule has 0 aliphatic heterocycles. The number of pyridine rings is 1. The van der Waals surface area contributed by atoms with Crippen molar-refractivity contribution in [3.63, 3.8) is 0 Å². The molecule has 1 heterocycles. The SMILES string of the molecule is Cc1ccc(S(=O)(=O)NC(O)Cc2cc(Cl)ccn2)cc1. The Balaban J connectivity index is 2.07. The molecule has 0 saturated heterocycles. The number of aromatic nitrogens is 1. The maximum atomic E-state index is 12.1. The zero-order valence-electron chi connectivity index (χ0n) is 11.3. The van der Waals surface area contributed by atoms with E-state index in [1.165, 1.54) is 18.3 Å². The quantitative estimate of drug-likeness (QED) is 0.822. The first-order chi connectivity index (χ1) is 9.87. The summed E-state index contributed by atoms with van der Waals surface area (Å²) in [6.07, 6.45) is 0.257. The average Bonchev–Trinajstić information content (AvgIpc) is 2.38. The van der Waals surface area contributed by atoms with Gasteiger partial charge in [0.2, 0.25) is 10.0 Å².